The van der Waals surface area contributed by atoms with Crippen molar-refractivity contribution in [2.75, 3.05) is 46.0 Å². The molecule has 0 aromatic rings. The molecule has 2 saturated heterocycles. The van der Waals surface area contributed by atoms with Crippen molar-refractivity contribution in [2.24, 2.45) is 11.8 Å². The molecule has 2 atom stereocenters. The maximum Gasteiger partial charge on any atom is 0.211 e. The van der Waals surface area contributed by atoms with E-state index >= 15 is 0 Å². The van der Waals surface area contributed by atoms with Gasteiger partial charge in [0.2, 0.25) is 10.0 Å². The molecule has 124 valence electrons. The average molecular weight is 317 g/mol. The standard InChI is InChI=1S/C15H31N3O2S/c1-13(16-2)15-6-9-17(10-7-15)11-14-5-4-8-18(12-14)21(3,19)20/h13-16H,4-12H2,1-3H3. The number of sulfonamides is 1. The number of rotatable bonds is 5. The molecule has 21 heavy (non-hydrogen) atoms. The van der Waals surface area contributed by atoms with Crippen molar-refractivity contribution < 1.29 is 8.42 Å². The van der Waals surface area contributed by atoms with Gasteiger partial charge < -0.3 is 10.2 Å². The van der Waals surface area contributed by atoms with Crippen molar-refractivity contribution in [3.05, 3.63) is 0 Å². The Morgan fingerprint density at radius 2 is 1.86 bits per heavy atom. The van der Waals surface area contributed by atoms with E-state index in [1.807, 2.05) is 7.05 Å². The molecule has 2 rings (SSSR count). The second-order valence-electron chi connectivity index (χ2n) is 6.84. The molecule has 2 aliphatic heterocycles. The maximum atomic E-state index is 11.7. The van der Waals surface area contributed by atoms with Gasteiger partial charge in [-0.3, -0.25) is 0 Å². The van der Waals surface area contributed by atoms with E-state index in [0.29, 0.717) is 25.0 Å². The summed E-state index contributed by atoms with van der Waals surface area (Å²) < 4.78 is 25.0. The lowest BCUT2D eigenvalue weighted by molar-refractivity contribution is 0.125. The molecular weight excluding hydrogens is 286 g/mol. The summed E-state index contributed by atoms with van der Waals surface area (Å²) in [5.74, 6) is 1.29. The summed E-state index contributed by atoms with van der Waals surface area (Å²) in [6.07, 6.45) is 6.01. The Bertz CT molecular complexity index is 419. The van der Waals surface area contributed by atoms with E-state index in [2.05, 4.69) is 17.1 Å². The summed E-state index contributed by atoms with van der Waals surface area (Å²) in [5.41, 5.74) is 0. The summed E-state index contributed by atoms with van der Waals surface area (Å²) in [7, 11) is -0.976. The Morgan fingerprint density at radius 3 is 2.43 bits per heavy atom. The predicted octanol–water partition coefficient (Wildman–Crippen LogP) is 0.978. The molecule has 0 spiro atoms. The highest BCUT2D eigenvalue weighted by Gasteiger charge is 2.29. The lowest BCUT2D eigenvalue weighted by Crippen LogP contribution is -2.46. The zero-order valence-corrected chi connectivity index (χ0v) is 14.5. The minimum atomic E-state index is -3.02. The molecule has 0 aromatic heterocycles. The van der Waals surface area contributed by atoms with Gasteiger partial charge in [0.25, 0.3) is 0 Å². The summed E-state index contributed by atoms with van der Waals surface area (Å²) in [6, 6.07) is 0.600. The Labute approximate surface area is 130 Å². The summed E-state index contributed by atoms with van der Waals surface area (Å²) in [5, 5.41) is 3.36. The van der Waals surface area contributed by atoms with Crippen LogP contribution in [0.25, 0.3) is 0 Å². The van der Waals surface area contributed by atoms with Gasteiger partial charge in [0.05, 0.1) is 6.26 Å². The predicted molar refractivity (Wildman–Crippen MR) is 86.8 cm³/mol. The Kier molecular flexibility index (Phi) is 6.05. The van der Waals surface area contributed by atoms with Crippen LogP contribution >= 0.6 is 0 Å². The van der Waals surface area contributed by atoms with E-state index in [9.17, 15) is 8.42 Å². The van der Waals surface area contributed by atoms with Gasteiger partial charge in [0.1, 0.15) is 0 Å². The van der Waals surface area contributed by atoms with Crippen LogP contribution in [0, 0.1) is 11.8 Å². The highest BCUT2D eigenvalue weighted by Crippen LogP contribution is 2.24. The smallest absolute Gasteiger partial charge is 0.211 e. The van der Waals surface area contributed by atoms with E-state index in [-0.39, 0.29) is 0 Å². The van der Waals surface area contributed by atoms with E-state index < -0.39 is 10.0 Å². The minimum Gasteiger partial charge on any atom is -0.317 e. The third kappa shape index (κ3) is 4.91. The van der Waals surface area contributed by atoms with Gasteiger partial charge in [0.15, 0.2) is 0 Å². The zero-order valence-electron chi connectivity index (χ0n) is 13.7. The van der Waals surface area contributed by atoms with Gasteiger partial charge in [-0.2, -0.15) is 0 Å². The maximum absolute atomic E-state index is 11.7. The monoisotopic (exact) mass is 317 g/mol. The van der Waals surface area contributed by atoms with Gasteiger partial charge in [0, 0.05) is 25.7 Å². The lowest BCUT2D eigenvalue weighted by Gasteiger charge is -2.38. The van der Waals surface area contributed by atoms with Crippen LogP contribution < -0.4 is 5.32 Å². The topological polar surface area (TPSA) is 52.6 Å². The number of nitrogens with one attached hydrogen (secondary N) is 1. The van der Waals surface area contributed by atoms with Crippen LogP contribution in [0.4, 0.5) is 0 Å². The minimum absolute atomic E-state index is 0.506. The largest absolute Gasteiger partial charge is 0.317 e. The molecule has 2 unspecified atom stereocenters. The normalized spacial score (nSPS) is 28.6. The number of hydrogen-bond acceptors (Lipinski definition) is 4. The van der Waals surface area contributed by atoms with E-state index in [0.717, 1.165) is 32.0 Å². The van der Waals surface area contributed by atoms with Crippen molar-refractivity contribution >= 4 is 10.0 Å². The highest BCUT2D eigenvalue weighted by atomic mass is 32.2. The lowest BCUT2D eigenvalue weighted by atomic mass is 9.89. The van der Waals surface area contributed by atoms with Crippen molar-refractivity contribution in [2.45, 2.75) is 38.6 Å². The number of likely N-dealkylation sites (tertiary alicyclic amines) is 1. The van der Waals surface area contributed by atoms with Crippen molar-refractivity contribution in [3.63, 3.8) is 0 Å². The Morgan fingerprint density at radius 1 is 1.19 bits per heavy atom. The first-order valence-corrected chi connectivity index (χ1v) is 10.1. The van der Waals surface area contributed by atoms with Crippen molar-refractivity contribution in [3.8, 4) is 0 Å². The van der Waals surface area contributed by atoms with Crippen LogP contribution in [0.3, 0.4) is 0 Å². The zero-order chi connectivity index (χ0) is 15.5. The molecule has 2 aliphatic rings. The molecule has 0 aliphatic carbocycles. The molecule has 0 radical (unpaired) electrons. The summed E-state index contributed by atoms with van der Waals surface area (Å²) >= 11 is 0. The van der Waals surface area contributed by atoms with Crippen molar-refractivity contribution in [1.82, 2.24) is 14.5 Å². The van der Waals surface area contributed by atoms with Crippen LogP contribution in [-0.2, 0) is 10.0 Å². The third-order valence-electron chi connectivity index (χ3n) is 5.26. The second kappa shape index (κ2) is 7.40. The van der Waals surface area contributed by atoms with Gasteiger partial charge >= 0.3 is 0 Å². The molecule has 5 nitrogen and oxygen atoms in total. The van der Waals surface area contributed by atoms with Crippen molar-refractivity contribution in [1.29, 1.82) is 0 Å². The first-order chi connectivity index (χ1) is 9.90. The molecule has 0 aromatic carbocycles. The first kappa shape index (κ1) is 17.2. The number of nitrogens with zero attached hydrogens (tertiary/aromatic N) is 2. The summed E-state index contributed by atoms with van der Waals surface area (Å²) in [4.78, 5) is 2.54. The molecule has 2 fully saturated rings. The molecule has 0 amide bonds. The molecule has 6 heteroatoms. The van der Waals surface area contributed by atoms with Crippen LogP contribution in [-0.4, -0.2) is 69.7 Å². The number of piperidine rings is 2. The Hall–Kier alpha value is -0.170. The van der Waals surface area contributed by atoms with E-state index in [1.54, 1.807) is 4.31 Å². The van der Waals surface area contributed by atoms with Crippen LogP contribution in [0.5, 0.6) is 0 Å². The molecule has 0 saturated carbocycles. The third-order valence-corrected chi connectivity index (χ3v) is 6.53. The Balaban J connectivity index is 1.78. The molecule has 1 N–H and O–H groups in total. The second-order valence-corrected chi connectivity index (χ2v) is 8.83. The van der Waals surface area contributed by atoms with Crippen LogP contribution in [0.15, 0.2) is 0 Å². The van der Waals surface area contributed by atoms with Gasteiger partial charge in [-0.05, 0) is 64.6 Å². The molecular formula is C15H31N3O2S. The SMILES string of the molecule is CNC(C)C1CCN(CC2CCCN(S(C)(=O)=O)C2)CC1. The number of hydrogen-bond donors (Lipinski definition) is 1. The van der Waals surface area contributed by atoms with E-state index in [1.165, 1.54) is 25.5 Å². The first-order valence-electron chi connectivity index (χ1n) is 8.25. The van der Waals surface area contributed by atoms with Gasteiger partial charge in [-0.25, -0.2) is 12.7 Å². The van der Waals surface area contributed by atoms with Crippen LogP contribution in [0.2, 0.25) is 0 Å². The molecule has 0 bridgehead atoms. The highest BCUT2D eigenvalue weighted by molar-refractivity contribution is 7.88. The molecule has 2 heterocycles. The average Bonchev–Trinajstić information content (AvgIpc) is 2.47. The van der Waals surface area contributed by atoms with Crippen LogP contribution in [0.1, 0.15) is 32.6 Å². The van der Waals surface area contributed by atoms with E-state index in [4.69, 9.17) is 0 Å². The van der Waals surface area contributed by atoms with Gasteiger partial charge in [-0.1, -0.05) is 0 Å². The fraction of sp³-hybridized carbons (Fsp3) is 1.00. The fourth-order valence-corrected chi connectivity index (χ4v) is 4.66. The fourth-order valence-electron chi connectivity index (χ4n) is 3.71. The van der Waals surface area contributed by atoms with Gasteiger partial charge in [-0.15, -0.1) is 0 Å². The summed E-state index contributed by atoms with van der Waals surface area (Å²) in [6.45, 7) is 7.07. The quantitative estimate of drug-likeness (QED) is 0.821.